The van der Waals surface area contributed by atoms with E-state index in [-0.39, 0.29) is 35.6 Å². The van der Waals surface area contributed by atoms with Crippen LogP contribution in [0.5, 0.6) is 5.75 Å². The average molecular weight is 431 g/mol. The first-order valence-corrected chi connectivity index (χ1v) is 11.3. The summed E-state index contributed by atoms with van der Waals surface area (Å²) in [6.07, 6.45) is 4.18. The monoisotopic (exact) mass is 431 g/mol. The standard InChI is InChI=1S/C25H25N3O4/c29-16-11-9-14(10-12-16)13-19-20-21(23(31)28(22(20)30)15-5-1-2-6-15)25(27-19)17-7-3-4-8-18(17)26-24(25)32/h3-4,7-12,15,19-21,27,29H,1-2,5-6,13H2,(H,26,32)/t19-,20+,21-,25-/m0/s1. The third-order valence-electron chi connectivity index (χ3n) is 7.74. The molecule has 3 N–H and O–H groups in total. The molecule has 4 aliphatic rings. The van der Waals surface area contributed by atoms with Gasteiger partial charge in [-0.3, -0.25) is 24.6 Å². The average Bonchev–Trinajstić information content (AvgIpc) is 3.52. The molecule has 0 radical (unpaired) electrons. The van der Waals surface area contributed by atoms with Crippen LogP contribution >= 0.6 is 0 Å². The number of hydrogen-bond acceptors (Lipinski definition) is 5. The van der Waals surface area contributed by atoms with Crippen LogP contribution in [0.2, 0.25) is 0 Å². The van der Waals surface area contributed by atoms with Gasteiger partial charge in [0.05, 0.1) is 11.8 Å². The van der Waals surface area contributed by atoms with Crippen molar-refractivity contribution in [3.8, 4) is 5.75 Å². The van der Waals surface area contributed by atoms with E-state index in [0.29, 0.717) is 12.1 Å². The molecule has 0 aromatic heterocycles. The minimum atomic E-state index is -1.25. The van der Waals surface area contributed by atoms with Crippen molar-refractivity contribution >= 4 is 23.4 Å². The number of fused-ring (bicyclic) bond motifs is 4. The van der Waals surface area contributed by atoms with Crippen LogP contribution in [0, 0.1) is 11.8 Å². The van der Waals surface area contributed by atoms with Crippen LogP contribution in [0.4, 0.5) is 5.69 Å². The number of imide groups is 1. The number of hydrogen-bond donors (Lipinski definition) is 3. The van der Waals surface area contributed by atoms with Gasteiger partial charge < -0.3 is 10.4 Å². The summed E-state index contributed by atoms with van der Waals surface area (Å²) >= 11 is 0. The van der Waals surface area contributed by atoms with E-state index < -0.39 is 17.4 Å². The van der Waals surface area contributed by atoms with Gasteiger partial charge in [0.1, 0.15) is 11.3 Å². The number of likely N-dealkylation sites (tertiary alicyclic amines) is 1. The summed E-state index contributed by atoms with van der Waals surface area (Å²) < 4.78 is 0. The van der Waals surface area contributed by atoms with Crippen LogP contribution in [0.25, 0.3) is 0 Å². The summed E-state index contributed by atoms with van der Waals surface area (Å²) in [5, 5.41) is 16.0. The lowest BCUT2D eigenvalue weighted by Gasteiger charge is -2.31. The third kappa shape index (κ3) is 2.54. The maximum atomic E-state index is 13.8. The Morgan fingerprint density at radius 1 is 0.969 bits per heavy atom. The number of aromatic hydroxyl groups is 1. The number of anilines is 1. The predicted molar refractivity (Wildman–Crippen MR) is 117 cm³/mol. The molecule has 6 rings (SSSR count). The Bertz CT molecular complexity index is 1120. The van der Waals surface area contributed by atoms with Gasteiger partial charge in [-0.2, -0.15) is 0 Å². The Labute approximate surface area is 185 Å². The molecule has 1 saturated carbocycles. The summed E-state index contributed by atoms with van der Waals surface area (Å²) in [6.45, 7) is 0. The highest BCUT2D eigenvalue weighted by Gasteiger charge is 2.70. The summed E-state index contributed by atoms with van der Waals surface area (Å²) in [6, 6.07) is 13.8. The molecule has 3 amide bonds. The van der Waals surface area contributed by atoms with Crippen molar-refractivity contribution in [2.45, 2.75) is 49.7 Å². The summed E-state index contributed by atoms with van der Waals surface area (Å²) in [7, 11) is 0. The molecule has 7 heteroatoms. The number of benzene rings is 2. The molecule has 3 heterocycles. The zero-order valence-electron chi connectivity index (χ0n) is 17.6. The van der Waals surface area contributed by atoms with Crippen molar-refractivity contribution in [1.29, 1.82) is 0 Å². The van der Waals surface area contributed by atoms with E-state index in [2.05, 4.69) is 10.6 Å². The summed E-state index contributed by atoms with van der Waals surface area (Å²) in [5.74, 6) is -1.84. The van der Waals surface area contributed by atoms with Crippen LogP contribution in [-0.2, 0) is 26.3 Å². The predicted octanol–water partition coefficient (Wildman–Crippen LogP) is 2.30. The van der Waals surface area contributed by atoms with Crippen LogP contribution in [0.1, 0.15) is 36.8 Å². The summed E-state index contributed by atoms with van der Waals surface area (Å²) in [5.41, 5.74) is 1.11. The highest BCUT2D eigenvalue weighted by Crippen LogP contribution is 2.54. The van der Waals surface area contributed by atoms with Gasteiger partial charge in [0.15, 0.2) is 0 Å². The Morgan fingerprint density at radius 2 is 1.69 bits per heavy atom. The van der Waals surface area contributed by atoms with Crippen LogP contribution in [0.3, 0.4) is 0 Å². The van der Waals surface area contributed by atoms with E-state index in [1.807, 2.05) is 36.4 Å². The molecule has 4 atom stereocenters. The first kappa shape index (κ1) is 19.5. The zero-order valence-corrected chi connectivity index (χ0v) is 17.6. The third-order valence-corrected chi connectivity index (χ3v) is 7.74. The van der Waals surface area contributed by atoms with Crippen LogP contribution < -0.4 is 10.6 Å². The smallest absolute Gasteiger partial charge is 0.250 e. The molecular formula is C25H25N3O4. The number of carbonyl (C=O) groups excluding carboxylic acids is 3. The van der Waals surface area contributed by atoms with E-state index in [0.717, 1.165) is 36.8 Å². The molecule has 7 nitrogen and oxygen atoms in total. The van der Waals surface area contributed by atoms with Gasteiger partial charge in [0.2, 0.25) is 17.7 Å². The van der Waals surface area contributed by atoms with E-state index in [1.54, 1.807) is 12.1 Å². The molecule has 1 aliphatic carbocycles. The van der Waals surface area contributed by atoms with Gasteiger partial charge in [0, 0.05) is 23.3 Å². The molecule has 164 valence electrons. The molecule has 2 aromatic carbocycles. The van der Waals surface area contributed by atoms with Crippen LogP contribution in [0.15, 0.2) is 48.5 Å². The second-order valence-electron chi connectivity index (χ2n) is 9.42. The molecule has 2 aromatic rings. The SMILES string of the molecule is O=C1[C@@H]2[C@H](Cc3ccc(O)cc3)N[C@]3(C(=O)Nc4ccccc43)[C@@H]2C(=O)N1C1CCCC1. The Morgan fingerprint density at radius 3 is 2.44 bits per heavy atom. The van der Waals surface area contributed by atoms with Gasteiger partial charge in [0.25, 0.3) is 0 Å². The first-order chi connectivity index (χ1) is 15.5. The molecule has 2 saturated heterocycles. The molecule has 3 aliphatic heterocycles. The lowest BCUT2D eigenvalue weighted by atomic mass is 9.76. The van der Waals surface area contributed by atoms with Crippen molar-refractivity contribution in [2.24, 2.45) is 11.8 Å². The van der Waals surface area contributed by atoms with E-state index in [1.165, 1.54) is 4.90 Å². The Balaban J connectivity index is 1.46. The fourth-order valence-electron chi connectivity index (χ4n) is 6.36. The second kappa shape index (κ2) is 6.90. The quantitative estimate of drug-likeness (QED) is 0.648. The number of nitrogens with zero attached hydrogens (tertiary/aromatic N) is 1. The minimum Gasteiger partial charge on any atom is -0.508 e. The van der Waals surface area contributed by atoms with Crippen molar-refractivity contribution in [1.82, 2.24) is 10.2 Å². The molecule has 0 unspecified atom stereocenters. The number of carbonyl (C=O) groups is 3. The number of rotatable bonds is 3. The molecule has 0 bridgehead atoms. The highest BCUT2D eigenvalue weighted by molar-refractivity contribution is 6.15. The minimum absolute atomic E-state index is 0.0633. The van der Waals surface area contributed by atoms with Gasteiger partial charge in [-0.15, -0.1) is 0 Å². The van der Waals surface area contributed by atoms with Gasteiger partial charge >= 0.3 is 0 Å². The maximum Gasteiger partial charge on any atom is 0.250 e. The molecule has 3 fully saturated rings. The lowest BCUT2D eigenvalue weighted by Crippen LogP contribution is -2.54. The second-order valence-corrected chi connectivity index (χ2v) is 9.42. The number of phenolic OH excluding ortho intramolecular Hbond substituents is 1. The van der Waals surface area contributed by atoms with E-state index in [9.17, 15) is 19.5 Å². The van der Waals surface area contributed by atoms with Gasteiger partial charge in [-0.1, -0.05) is 43.2 Å². The van der Waals surface area contributed by atoms with Crippen molar-refractivity contribution < 1.29 is 19.5 Å². The number of nitrogens with one attached hydrogen (secondary N) is 2. The topological polar surface area (TPSA) is 98.7 Å². The Hall–Kier alpha value is -3.19. The molecule has 32 heavy (non-hydrogen) atoms. The normalized spacial score (nSPS) is 31.4. The van der Waals surface area contributed by atoms with Crippen LogP contribution in [-0.4, -0.2) is 39.8 Å². The lowest BCUT2D eigenvalue weighted by molar-refractivity contribution is -0.145. The van der Waals surface area contributed by atoms with Crippen molar-refractivity contribution in [3.63, 3.8) is 0 Å². The first-order valence-electron chi connectivity index (χ1n) is 11.3. The zero-order chi connectivity index (χ0) is 22.0. The van der Waals surface area contributed by atoms with E-state index >= 15 is 0 Å². The van der Waals surface area contributed by atoms with Crippen molar-refractivity contribution in [3.05, 3.63) is 59.7 Å². The molecular weight excluding hydrogens is 406 g/mol. The maximum absolute atomic E-state index is 13.8. The van der Waals surface area contributed by atoms with Gasteiger partial charge in [-0.25, -0.2) is 0 Å². The van der Waals surface area contributed by atoms with E-state index in [4.69, 9.17) is 0 Å². The largest absolute Gasteiger partial charge is 0.508 e. The fourth-order valence-corrected chi connectivity index (χ4v) is 6.36. The highest BCUT2D eigenvalue weighted by atomic mass is 16.3. The molecule has 1 spiro atoms. The number of phenols is 1. The Kier molecular flexibility index (Phi) is 4.21. The number of amides is 3. The van der Waals surface area contributed by atoms with Crippen molar-refractivity contribution in [2.75, 3.05) is 5.32 Å². The number of para-hydroxylation sites is 1. The fraction of sp³-hybridized carbons (Fsp3) is 0.400. The van der Waals surface area contributed by atoms with Gasteiger partial charge in [-0.05, 0) is 43.0 Å². The summed E-state index contributed by atoms with van der Waals surface area (Å²) in [4.78, 5) is 42.4.